The number of likely N-dealkylation sites (N-methyl/N-ethyl adjacent to an activating group) is 1. The zero-order valence-corrected chi connectivity index (χ0v) is 10.9. The zero-order valence-electron chi connectivity index (χ0n) is 10.9. The summed E-state index contributed by atoms with van der Waals surface area (Å²) in [4.78, 5) is 16.3. The molecule has 0 aromatic rings. The highest BCUT2D eigenvalue weighted by atomic mass is 16.2. The van der Waals surface area contributed by atoms with E-state index in [4.69, 9.17) is 0 Å². The molecule has 2 bridgehead atoms. The van der Waals surface area contributed by atoms with Gasteiger partial charge in [0.25, 0.3) is 0 Å². The van der Waals surface area contributed by atoms with E-state index in [-0.39, 0.29) is 11.9 Å². The number of nitrogens with one attached hydrogen (secondary N) is 1. The lowest BCUT2D eigenvalue weighted by Gasteiger charge is -2.37. The van der Waals surface area contributed by atoms with E-state index in [0.29, 0.717) is 6.04 Å². The first-order chi connectivity index (χ1) is 8.15. The Kier molecular flexibility index (Phi) is 2.87. The van der Waals surface area contributed by atoms with Crippen LogP contribution in [0.25, 0.3) is 0 Å². The number of piperidine rings is 1. The van der Waals surface area contributed by atoms with Gasteiger partial charge in [-0.15, -0.1) is 0 Å². The Morgan fingerprint density at radius 2 is 1.76 bits per heavy atom. The Hall–Kier alpha value is -0.610. The van der Waals surface area contributed by atoms with Gasteiger partial charge in [-0.25, -0.2) is 0 Å². The Labute approximate surface area is 103 Å². The van der Waals surface area contributed by atoms with Crippen LogP contribution in [-0.2, 0) is 4.79 Å². The van der Waals surface area contributed by atoms with Gasteiger partial charge in [0.2, 0.25) is 5.91 Å². The van der Waals surface area contributed by atoms with Crippen LogP contribution in [0.2, 0.25) is 0 Å². The highest BCUT2D eigenvalue weighted by Gasteiger charge is 2.40. The summed E-state index contributed by atoms with van der Waals surface area (Å²) in [6, 6.07) is 2.15. The predicted octanol–water partition coefficient (Wildman–Crippen LogP) is 0.432. The maximum atomic E-state index is 11.9. The molecule has 0 aromatic heterocycles. The van der Waals surface area contributed by atoms with Crippen molar-refractivity contribution in [3.63, 3.8) is 0 Å². The summed E-state index contributed by atoms with van der Waals surface area (Å²) < 4.78 is 0. The van der Waals surface area contributed by atoms with E-state index in [9.17, 15) is 4.79 Å². The van der Waals surface area contributed by atoms with Crippen LogP contribution in [0.1, 0.15) is 32.1 Å². The average Bonchev–Trinajstić information content (AvgIpc) is 2.73. The van der Waals surface area contributed by atoms with Crippen molar-refractivity contribution >= 4 is 5.91 Å². The number of amides is 1. The number of hydrogen-bond donors (Lipinski definition) is 1. The van der Waals surface area contributed by atoms with Crippen LogP contribution >= 0.6 is 0 Å². The maximum Gasteiger partial charge on any atom is 0.239 e. The molecule has 0 aromatic carbocycles. The molecule has 3 aliphatic heterocycles. The molecule has 1 amide bonds. The lowest BCUT2D eigenvalue weighted by molar-refractivity contribution is -0.128. The molecule has 3 rings (SSSR count). The SMILES string of the molecule is CN1CCC(NC2CC3CCC(C2)N3C)C1=O. The molecule has 3 atom stereocenters. The van der Waals surface area contributed by atoms with Crippen LogP contribution < -0.4 is 5.32 Å². The third kappa shape index (κ3) is 1.97. The van der Waals surface area contributed by atoms with Crippen molar-refractivity contribution in [1.82, 2.24) is 15.1 Å². The summed E-state index contributed by atoms with van der Waals surface area (Å²) in [7, 11) is 4.16. The van der Waals surface area contributed by atoms with Crippen molar-refractivity contribution in [1.29, 1.82) is 0 Å². The number of carbonyl (C=O) groups is 1. The fraction of sp³-hybridized carbons (Fsp3) is 0.923. The lowest BCUT2D eigenvalue weighted by Crippen LogP contribution is -2.51. The van der Waals surface area contributed by atoms with Gasteiger partial charge in [0.05, 0.1) is 6.04 Å². The third-order valence-electron chi connectivity index (χ3n) is 4.96. The summed E-state index contributed by atoms with van der Waals surface area (Å²) in [5.74, 6) is 0.288. The first-order valence-electron chi connectivity index (χ1n) is 6.88. The molecular formula is C13H23N3O. The monoisotopic (exact) mass is 237 g/mol. The molecule has 0 aliphatic carbocycles. The molecule has 3 saturated heterocycles. The number of hydrogen-bond acceptors (Lipinski definition) is 3. The van der Waals surface area contributed by atoms with Gasteiger partial charge in [-0.05, 0) is 39.2 Å². The van der Waals surface area contributed by atoms with Gasteiger partial charge < -0.3 is 15.1 Å². The number of likely N-dealkylation sites (tertiary alicyclic amines) is 1. The second-order valence-electron chi connectivity index (χ2n) is 5.99. The van der Waals surface area contributed by atoms with Crippen molar-refractivity contribution < 1.29 is 4.79 Å². The van der Waals surface area contributed by atoms with E-state index in [1.54, 1.807) is 0 Å². The molecule has 3 heterocycles. The molecule has 3 fully saturated rings. The van der Waals surface area contributed by atoms with E-state index in [0.717, 1.165) is 25.0 Å². The topological polar surface area (TPSA) is 35.6 Å². The largest absolute Gasteiger partial charge is 0.344 e. The standard InChI is InChI=1S/C13H23N3O/c1-15-6-5-12(13(15)17)14-9-7-10-3-4-11(8-9)16(10)2/h9-12,14H,3-8H2,1-2H3. The minimum Gasteiger partial charge on any atom is -0.344 e. The van der Waals surface area contributed by atoms with Crippen LogP contribution in [0.4, 0.5) is 0 Å². The molecule has 3 aliphatic rings. The lowest BCUT2D eigenvalue weighted by atomic mass is 9.97. The fourth-order valence-electron chi connectivity index (χ4n) is 3.81. The zero-order chi connectivity index (χ0) is 12.0. The minimum absolute atomic E-state index is 0.0906. The van der Waals surface area contributed by atoms with Gasteiger partial charge in [-0.2, -0.15) is 0 Å². The first kappa shape index (κ1) is 11.5. The van der Waals surface area contributed by atoms with Crippen molar-refractivity contribution in [2.24, 2.45) is 0 Å². The first-order valence-corrected chi connectivity index (χ1v) is 6.88. The van der Waals surface area contributed by atoms with Crippen molar-refractivity contribution in [2.45, 2.75) is 56.3 Å². The maximum absolute atomic E-state index is 11.9. The van der Waals surface area contributed by atoms with Crippen LogP contribution in [-0.4, -0.2) is 60.5 Å². The highest BCUT2D eigenvalue weighted by molar-refractivity contribution is 5.83. The average molecular weight is 237 g/mol. The summed E-state index contributed by atoms with van der Waals surface area (Å²) >= 11 is 0. The molecule has 3 unspecified atom stereocenters. The van der Waals surface area contributed by atoms with Crippen LogP contribution in [0.5, 0.6) is 0 Å². The molecule has 0 radical (unpaired) electrons. The van der Waals surface area contributed by atoms with Gasteiger partial charge in [0, 0.05) is 31.7 Å². The fourth-order valence-corrected chi connectivity index (χ4v) is 3.81. The molecular weight excluding hydrogens is 214 g/mol. The second kappa shape index (κ2) is 4.25. The minimum atomic E-state index is 0.0906. The summed E-state index contributed by atoms with van der Waals surface area (Å²) in [6.07, 6.45) is 6.12. The number of fused-ring (bicyclic) bond motifs is 2. The normalized spacial score (nSPS) is 42.5. The van der Waals surface area contributed by atoms with Gasteiger partial charge in [0.1, 0.15) is 0 Å². The molecule has 4 heteroatoms. The summed E-state index contributed by atoms with van der Waals surface area (Å²) in [6.45, 7) is 0.913. The van der Waals surface area contributed by atoms with Gasteiger partial charge in [-0.3, -0.25) is 4.79 Å². The molecule has 4 nitrogen and oxygen atoms in total. The van der Waals surface area contributed by atoms with Crippen molar-refractivity contribution in [3.8, 4) is 0 Å². The quantitative estimate of drug-likeness (QED) is 0.756. The summed E-state index contributed by atoms with van der Waals surface area (Å²) in [5.41, 5.74) is 0. The Bertz CT molecular complexity index is 306. The predicted molar refractivity (Wildman–Crippen MR) is 66.8 cm³/mol. The van der Waals surface area contributed by atoms with Crippen LogP contribution in [0.3, 0.4) is 0 Å². The molecule has 1 N–H and O–H groups in total. The highest BCUT2D eigenvalue weighted by Crippen LogP contribution is 2.34. The Balaban J connectivity index is 1.59. The molecule has 17 heavy (non-hydrogen) atoms. The molecule has 0 saturated carbocycles. The van der Waals surface area contributed by atoms with E-state index in [2.05, 4.69) is 17.3 Å². The van der Waals surface area contributed by atoms with Gasteiger partial charge in [0.15, 0.2) is 0 Å². The van der Waals surface area contributed by atoms with Crippen molar-refractivity contribution in [3.05, 3.63) is 0 Å². The number of rotatable bonds is 2. The number of carbonyl (C=O) groups excluding carboxylic acids is 1. The van der Waals surface area contributed by atoms with E-state index >= 15 is 0 Å². The van der Waals surface area contributed by atoms with Gasteiger partial charge >= 0.3 is 0 Å². The summed E-state index contributed by atoms with van der Waals surface area (Å²) in [5, 5.41) is 3.60. The van der Waals surface area contributed by atoms with E-state index < -0.39 is 0 Å². The van der Waals surface area contributed by atoms with E-state index in [1.807, 2.05) is 11.9 Å². The Morgan fingerprint density at radius 3 is 2.29 bits per heavy atom. The van der Waals surface area contributed by atoms with Crippen molar-refractivity contribution in [2.75, 3.05) is 20.6 Å². The van der Waals surface area contributed by atoms with Gasteiger partial charge in [-0.1, -0.05) is 0 Å². The third-order valence-corrected chi connectivity index (χ3v) is 4.96. The molecule has 0 spiro atoms. The van der Waals surface area contributed by atoms with Crippen LogP contribution in [0.15, 0.2) is 0 Å². The van der Waals surface area contributed by atoms with E-state index in [1.165, 1.54) is 25.7 Å². The second-order valence-corrected chi connectivity index (χ2v) is 5.99. The molecule has 96 valence electrons. The Morgan fingerprint density at radius 1 is 1.12 bits per heavy atom. The number of nitrogens with zero attached hydrogens (tertiary/aromatic N) is 2. The smallest absolute Gasteiger partial charge is 0.239 e. The van der Waals surface area contributed by atoms with Crippen LogP contribution in [0, 0.1) is 0 Å².